The van der Waals surface area contributed by atoms with Crippen LogP contribution in [0.25, 0.3) is 0 Å². The number of ether oxygens (including phenoxy) is 2. The zero-order chi connectivity index (χ0) is 25.8. The van der Waals surface area contributed by atoms with Crippen molar-refractivity contribution in [3.63, 3.8) is 0 Å². The van der Waals surface area contributed by atoms with Crippen molar-refractivity contribution in [2.45, 2.75) is 154 Å². The van der Waals surface area contributed by atoms with Crippen LogP contribution in [-0.4, -0.2) is 63.0 Å². The molecule has 0 spiro atoms. The smallest absolute Gasteiger partial charge is 0.338 e. The molecule has 0 amide bonds. The minimum absolute atomic E-state index is 0.0331. The Morgan fingerprint density at radius 1 is 0.647 bits per heavy atom. The van der Waals surface area contributed by atoms with Gasteiger partial charge in [0.2, 0.25) is 0 Å². The van der Waals surface area contributed by atoms with Crippen LogP contribution in [0.1, 0.15) is 118 Å². The summed E-state index contributed by atoms with van der Waals surface area (Å²) in [5, 5.41) is 38.4. The normalized spacial score (nSPS) is 18.1. The predicted molar refractivity (Wildman–Crippen MR) is 135 cm³/mol. The molecule has 1 rings (SSSR count). The van der Waals surface area contributed by atoms with E-state index < -0.39 is 0 Å². The summed E-state index contributed by atoms with van der Waals surface area (Å²) in [5.41, 5.74) is 0. The molecule has 0 aromatic heterocycles. The van der Waals surface area contributed by atoms with Gasteiger partial charge in [0.1, 0.15) is 6.26 Å². The summed E-state index contributed by atoms with van der Waals surface area (Å²) in [6.07, 6.45) is 15.2. The van der Waals surface area contributed by atoms with Gasteiger partial charge in [-0.1, -0.05) is 51.4 Å². The molecule has 0 saturated heterocycles. The lowest BCUT2D eigenvalue weighted by Crippen LogP contribution is -2.28. The Labute approximate surface area is 207 Å². The van der Waals surface area contributed by atoms with Crippen molar-refractivity contribution >= 4 is 5.97 Å². The lowest BCUT2D eigenvalue weighted by Gasteiger charge is -2.27. The minimum atomic E-state index is -0.386. The van der Waals surface area contributed by atoms with Gasteiger partial charge in [-0.2, -0.15) is 0 Å². The molecule has 0 saturated carbocycles. The number of esters is 1. The van der Waals surface area contributed by atoms with Gasteiger partial charge in [-0.05, 0) is 66.2 Å². The average molecular weight is 489 g/mol. The van der Waals surface area contributed by atoms with Gasteiger partial charge in [0.15, 0.2) is 0 Å². The number of hydrogen-bond donors (Lipinski definition) is 4. The highest BCUT2D eigenvalue weighted by molar-refractivity contribution is 5.86. The summed E-state index contributed by atoms with van der Waals surface area (Å²) in [4.78, 5) is 9.59. The molecule has 6 unspecified atom stereocenters. The van der Waals surface area contributed by atoms with Crippen LogP contribution < -0.4 is 0 Å². The molecular weight excluding hydrogens is 436 g/mol. The molecule has 7 heteroatoms. The molecule has 1 heterocycles. The van der Waals surface area contributed by atoms with E-state index in [0.29, 0.717) is 12.8 Å². The first-order valence-corrected chi connectivity index (χ1v) is 13.3. The highest BCUT2D eigenvalue weighted by Gasteiger charge is 2.20. The van der Waals surface area contributed by atoms with Crippen LogP contribution in [0.4, 0.5) is 0 Å². The number of rotatable bonds is 20. The second-order valence-corrected chi connectivity index (χ2v) is 9.97. The number of hydrogen-bond acceptors (Lipinski definition) is 7. The molecular formula is C27H52O7. The fourth-order valence-corrected chi connectivity index (χ4v) is 3.97. The van der Waals surface area contributed by atoms with Crippen LogP contribution in [0.2, 0.25) is 0 Å². The fourth-order valence-electron chi connectivity index (χ4n) is 3.97. The van der Waals surface area contributed by atoms with Gasteiger partial charge in [0.05, 0.1) is 42.7 Å². The molecule has 0 radical (unpaired) electrons. The second-order valence-electron chi connectivity index (χ2n) is 9.97. The van der Waals surface area contributed by atoms with Crippen molar-refractivity contribution in [1.82, 2.24) is 0 Å². The topological polar surface area (TPSA) is 116 Å². The minimum Gasteiger partial charge on any atom is -0.431 e. The van der Waals surface area contributed by atoms with Gasteiger partial charge in [-0.15, -0.1) is 0 Å². The van der Waals surface area contributed by atoms with Crippen LogP contribution >= 0.6 is 0 Å². The number of aliphatic hydroxyl groups excluding tert-OH is 4. The highest BCUT2D eigenvalue weighted by Crippen LogP contribution is 2.21. The van der Waals surface area contributed by atoms with Crippen LogP contribution in [0, 0.1) is 0 Å². The third-order valence-electron chi connectivity index (χ3n) is 5.78. The monoisotopic (exact) mass is 488 g/mol. The first-order valence-electron chi connectivity index (χ1n) is 13.3. The van der Waals surface area contributed by atoms with Crippen molar-refractivity contribution in [2.24, 2.45) is 0 Å². The molecule has 0 fully saturated rings. The van der Waals surface area contributed by atoms with Crippen molar-refractivity contribution in [3.05, 3.63) is 12.3 Å². The standard InChI is InChI=1S/C24H50O5.C3H2O2/c1-19(25)13-9-5-7-11-15-23(17-21(3)27)29-24(18-22(4)28)16-12-8-6-10-14-20(2)26;4-3-1-2-5-3/h19-28H,5-18H2,1-4H3;1-2H. The Balaban J connectivity index is 0.00000190. The fraction of sp³-hybridized carbons (Fsp3) is 0.889. The van der Waals surface area contributed by atoms with Gasteiger partial charge in [0, 0.05) is 0 Å². The molecule has 6 atom stereocenters. The van der Waals surface area contributed by atoms with Gasteiger partial charge in [0.25, 0.3) is 0 Å². The van der Waals surface area contributed by atoms with Crippen molar-refractivity contribution in [1.29, 1.82) is 0 Å². The summed E-state index contributed by atoms with van der Waals surface area (Å²) in [7, 11) is 0. The lowest BCUT2D eigenvalue weighted by molar-refractivity contribution is -0.136. The van der Waals surface area contributed by atoms with Gasteiger partial charge in [-0.25, -0.2) is 4.79 Å². The van der Waals surface area contributed by atoms with E-state index in [0.717, 1.165) is 77.0 Å². The summed E-state index contributed by atoms with van der Waals surface area (Å²) in [6, 6.07) is 0. The molecule has 0 aromatic rings. The maximum atomic E-state index is 9.86. The second kappa shape index (κ2) is 21.3. The first kappa shape index (κ1) is 33.0. The Hall–Kier alpha value is -0.990. The molecule has 34 heavy (non-hydrogen) atoms. The van der Waals surface area contributed by atoms with E-state index in [9.17, 15) is 25.2 Å². The first-order chi connectivity index (χ1) is 16.1. The molecule has 1 aliphatic heterocycles. The lowest BCUT2D eigenvalue weighted by atomic mass is 10.0. The van der Waals surface area contributed by atoms with Crippen molar-refractivity contribution in [2.75, 3.05) is 0 Å². The molecule has 7 nitrogen and oxygen atoms in total. The van der Waals surface area contributed by atoms with Crippen LogP contribution in [0.5, 0.6) is 0 Å². The molecule has 0 aromatic carbocycles. The van der Waals surface area contributed by atoms with Gasteiger partial charge >= 0.3 is 5.97 Å². The number of unbranched alkanes of at least 4 members (excludes halogenated alkanes) is 6. The largest absolute Gasteiger partial charge is 0.431 e. The average Bonchev–Trinajstić information content (AvgIpc) is 2.70. The maximum absolute atomic E-state index is 9.86. The van der Waals surface area contributed by atoms with Crippen molar-refractivity contribution < 1.29 is 34.7 Å². The Morgan fingerprint density at radius 3 is 1.21 bits per heavy atom. The van der Waals surface area contributed by atoms with Crippen LogP contribution in [0.3, 0.4) is 0 Å². The molecule has 0 bridgehead atoms. The molecule has 202 valence electrons. The third kappa shape index (κ3) is 22.8. The van der Waals surface area contributed by atoms with E-state index in [1.807, 2.05) is 27.7 Å². The number of carbonyl (C=O) groups is 1. The van der Waals surface area contributed by atoms with Crippen LogP contribution in [-0.2, 0) is 14.3 Å². The zero-order valence-electron chi connectivity index (χ0n) is 22.0. The van der Waals surface area contributed by atoms with E-state index >= 15 is 0 Å². The summed E-state index contributed by atoms with van der Waals surface area (Å²) in [5.74, 6) is -0.245. The Kier molecular flexibility index (Phi) is 20.7. The van der Waals surface area contributed by atoms with Crippen molar-refractivity contribution in [3.8, 4) is 0 Å². The number of cyclic esters (lactones) is 1. The van der Waals surface area contributed by atoms with Gasteiger partial charge in [-0.3, -0.25) is 0 Å². The van der Waals surface area contributed by atoms with E-state index in [1.165, 1.54) is 12.3 Å². The summed E-state index contributed by atoms with van der Waals surface area (Å²) < 4.78 is 10.5. The maximum Gasteiger partial charge on any atom is 0.338 e. The zero-order valence-corrected chi connectivity index (χ0v) is 22.0. The van der Waals surface area contributed by atoms with Gasteiger partial charge < -0.3 is 29.9 Å². The summed E-state index contributed by atoms with van der Waals surface area (Å²) >= 11 is 0. The quantitative estimate of drug-likeness (QED) is 0.144. The molecule has 4 N–H and O–H groups in total. The van der Waals surface area contributed by atoms with E-state index in [-0.39, 0.29) is 42.6 Å². The highest BCUT2D eigenvalue weighted by atomic mass is 16.5. The third-order valence-corrected chi connectivity index (χ3v) is 5.78. The van der Waals surface area contributed by atoms with E-state index in [4.69, 9.17) is 4.74 Å². The number of aliphatic hydroxyl groups is 4. The predicted octanol–water partition coefficient (Wildman–Crippen LogP) is 4.78. The molecule has 0 aliphatic carbocycles. The Morgan fingerprint density at radius 2 is 0.971 bits per heavy atom. The number of carbonyl (C=O) groups excluding carboxylic acids is 1. The Bertz CT molecular complexity index is 471. The van der Waals surface area contributed by atoms with E-state index in [2.05, 4.69) is 4.74 Å². The molecule has 1 aliphatic rings. The summed E-state index contributed by atoms with van der Waals surface area (Å²) in [6.45, 7) is 7.29. The SMILES string of the molecule is CC(O)CCCCCCC(CC(C)O)OC(CCCCCCC(C)O)CC(C)O.O=C1C=CO1. The van der Waals surface area contributed by atoms with E-state index in [1.54, 1.807) is 0 Å². The van der Waals surface area contributed by atoms with Crippen LogP contribution in [0.15, 0.2) is 12.3 Å².